The Morgan fingerprint density at radius 3 is 2.52 bits per heavy atom. The molecule has 21 heavy (non-hydrogen) atoms. The van der Waals surface area contributed by atoms with Gasteiger partial charge in [-0.15, -0.1) is 0 Å². The van der Waals surface area contributed by atoms with Gasteiger partial charge >= 0.3 is 12.0 Å². The number of hydrogen-bond donors (Lipinski definition) is 3. The zero-order valence-corrected chi connectivity index (χ0v) is 12.7. The lowest BCUT2D eigenvalue weighted by molar-refractivity contribution is -0.139. The quantitative estimate of drug-likeness (QED) is 0.700. The van der Waals surface area contributed by atoms with Crippen molar-refractivity contribution in [1.82, 2.24) is 10.2 Å². The van der Waals surface area contributed by atoms with E-state index in [1.54, 1.807) is 4.90 Å². The topological polar surface area (TPSA) is 113 Å². The van der Waals surface area contributed by atoms with Crippen LogP contribution in [0.25, 0.3) is 0 Å². The average Bonchev–Trinajstić information content (AvgIpc) is 2.54. The highest BCUT2D eigenvalue weighted by Gasteiger charge is 2.28. The number of likely N-dealkylation sites (tertiary alicyclic amines) is 1. The predicted molar refractivity (Wildman–Crippen MR) is 77.6 cm³/mol. The molecule has 7 heteroatoms. The number of primary amides is 1. The second-order valence-corrected chi connectivity index (χ2v) is 6.35. The maximum Gasteiger partial charge on any atom is 0.326 e. The summed E-state index contributed by atoms with van der Waals surface area (Å²) >= 11 is 0. The molecule has 4 N–H and O–H groups in total. The summed E-state index contributed by atoms with van der Waals surface area (Å²) in [5.41, 5.74) is 5.21. The van der Waals surface area contributed by atoms with Crippen LogP contribution in [0.4, 0.5) is 4.79 Å². The molecule has 1 rings (SSSR count). The number of carbonyl (C=O) groups excluding carboxylic acids is 2. The van der Waals surface area contributed by atoms with Crippen molar-refractivity contribution in [2.24, 2.45) is 11.1 Å². The highest BCUT2D eigenvalue weighted by atomic mass is 16.4. The molecule has 0 spiro atoms. The largest absolute Gasteiger partial charge is 0.480 e. The molecule has 3 amide bonds. The summed E-state index contributed by atoms with van der Waals surface area (Å²) in [6, 6.07) is -1.47. The molecular weight excluding hydrogens is 274 g/mol. The Balaban J connectivity index is 2.56. The van der Waals surface area contributed by atoms with Gasteiger partial charge in [0.25, 0.3) is 0 Å². The van der Waals surface area contributed by atoms with E-state index in [1.807, 2.05) is 0 Å². The maximum absolute atomic E-state index is 12.2. The second-order valence-electron chi connectivity index (χ2n) is 6.35. The van der Waals surface area contributed by atoms with E-state index < -0.39 is 17.9 Å². The molecule has 1 aliphatic heterocycles. The minimum atomic E-state index is -1.15. The van der Waals surface area contributed by atoms with Crippen molar-refractivity contribution in [2.45, 2.75) is 52.0 Å². The fraction of sp³-hybridized carbons (Fsp3) is 0.786. The molecule has 0 radical (unpaired) electrons. The fourth-order valence-electron chi connectivity index (χ4n) is 2.41. The number of nitrogens with zero attached hydrogens (tertiary/aromatic N) is 1. The van der Waals surface area contributed by atoms with Gasteiger partial charge in [0.15, 0.2) is 0 Å². The Hall–Kier alpha value is -1.79. The Morgan fingerprint density at radius 2 is 1.95 bits per heavy atom. The van der Waals surface area contributed by atoms with E-state index in [9.17, 15) is 14.4 Å². The number of urea groups is 1. The molecule has 1 atom stereocenters. The van der Waals surface area contributed by atoms with Crippen molar-refractivity contribution in [2.75, 3.05) is 13.1 Å². The van der Waals surface area contributed by atoms with Crippen LogP contribution in [0.15, 0.2) is 0 Å². The van der Waals surface area contributed by atoms with E-state index in [-0.39, 0.29) is 24.3 Å². The van der Waals surface area contributed by atoms with Gasteiger partial charge in [0.05, 0.1) is 0 Å². The van der Waals surface area contributed by atoms with E-state index in [4.69, 9.17) is 10.8 Å². The number of amides is 3. The Labute approximate surface area is 124 Å². The van der Waals surface area contributed by atoms with Crippen LogP contribution >= 0.6 is 0 Å². The lowest BCUT2D eigenvalue weighted by Crippen LogP contribution is -2.48. The summed E-state index contributed by atoms with van der Waals surface area (Å²) in [6.45, 7) is 5.57. The van der Waals surface area contributed by atoms with Crippen LogP contribution in [0.5, 0.6) is 0 Å². The van der Waals surface area contributed by atoms with Gasteiger partial charge in [0, 0.05) is 19.5 Å². The number of carbonyl (C=O) groups is 3. The summed E-state index contributed by atoms with van der Waals surface area (Å²) in [5.74, 6) is -1.73. The lowest BCUT2D eigenvalue weighted by atomic mass is 9.85. The van der Waals surface area contributed by atoms with Crippen molar-refractivity contribution >= 4 is 17.9 Å². The monoisotopic (exact) mass is 299 g/mol. The Bertz CT molecular complexity index is 409. The molecule has 0 aromatic heterocycles. The molecule has 0 bridgehead atoms. The standard InChI is InChI=1S/C14H25N3O4/c1-14(2)6-3-8-17(9-7-14)13(21)16-10(12(19)20)4-5-11(15)18/h10H,3-9H2,1-2H3,(H2,15,18)(H,16,21)(H,19,20)/t10-/m0/s1. The van der Waals surface area contributed by atoms with E-state index >= 15 is 0 Å². The predicted octanol–water partition coefficient (Wildman–Crippen LogP) is 0.927. The SMILES string of the molecule is CC1(C)CCCN(C(=O)N[C@@H](CCC(N)=O)C(=O)O)CC1. The number of carboxylic acid groups (broad SMARTS) is 1. The number of rotatable bonds is 5. The lowest BCUT2D eigenvalue weighted by Gasteiger charge is -2.25. The summed E-state index contributed by atoms with van der Waals surface area (Å²) in [4.78, 5) is 35.7. The smallest absolute Gasteiger partial charge is 0.326 e. The third-order valence-corrected chi connectivity index (χ3v) is 3.90. The van der Waals surface area contributed by atoms with Crippen molar-refractivity contribution in [1.29, 1.82) is 0 Å². The van der Waals surface area contributed by atoms with Crippen LogP contribution in [0.3, 0.4) is 0 Å². The average molecular weight is 299 g/mol. The maximum atomic E-state index is 12.2. The van der Waals surface area contributed by atoms with Crippen LogP contribution in [-0.4, -0.2) is 47.0 Å². The number of carboxylic acids is 1. The van der Waals surface area contributed by atoms with E-state index in [0.29, 0.717) is 13.1 Å². The van der Waals surface area contributed by atoms with Gasteiger partial charge < -0.3 is 21.1 Å². The van der Waals surface area contributed by atoms with Gasteiger partial charge in [-0.3, -0.25) is 4.79 Å². The van der Waals surface area contributed by atoms with Crippen molar-refractivity contribution in [3.63, 3.8) is 0 Å². The summed E-state index contributed by atoms with van der Waals surface area (Å²) < 4.78 is 0. The number of aliphatic carboxylic acids is 1. The normalized spacial score (nSPS) is 19.4. The Morgan fingerprint density at radius 1 is 1.29 bits per heavy atom. The third-order valence-electron chi connectivity index (χ3n) is 3.90. The minimum Gasteiger partial charge on any atom is -0.480 e. The van der Waals surface area contributed by atoms with Crippen LogP contribution in [-0.2, 0) is 9.59 Å². The van der Waals surface area contributed by atoms with Crippen LogP contribution in [0.2, 0.25) is 0 Å². The first-order valence-corrected chi connectivity index (χ1v) is 7.28. The Kier molecular flexibility index (Phi) is 5.99. The zero-order valence-electron chi connectivity index (χ0n) is 12.7. The highest BCUT2D eigenvalue weighted by molar-refractivity contribution is 5.83. The number of hydrogen-bond acceptors (Lipinski definition) is 3. The minimum absolute atomic E-state index is 0.00966. The van der Waals surface area contributed by atoms with Gasteiger partial charge in [-0.25, -0.2) is 9.59 Å². The number of nitrogens with two attached hydrogens (primary N) is 1. The zero-order chi connectivity index (χ0) is 16.0. The van der Waals surface area contributed by atoms with Gasteiger partial charge in [0.2, 0.25) is 5.91 Å². The first kappa shape index (κ1) is 17.3. The molecule has 1 heterocycles. The van der Waals surface area contributed by atoms with E-state index in [2.05, 4.69) is 19.2 Å². The first-order valence-electron chi connectivity index (χ1n) is 7.28. The molecule has 1 aliphatic rings. The second kappa shape index (κ2) is 7.28. The molecule has 0 aliphatic carbocycles. The van der Waals surface area contributed by atoms with Crippen molar-refractivity contribution in [3.05, 3.63) is 0 Å². The van der Waals surface area contributed by atoms with Gasteiger partial charge in [-0.2, -0.15) is 0 Å². The molecule has 120 valence electrons. The molecule has 0 aromatic carbocycles. The van der Waals surface area contributed by atoms with Crippen LogP contribution in [0.1, 0.15) is 46.0 Å². The van der Waals surface area contributed by atoms with Gasteiger partial charge in [-0.05, 0) is 31.1 Å². The molecule has 0 saturated carbocycles. The molecule has 1 fully saturated rings. The van der Waals surface area contributed by atoms with Crippen LogP contribution in [0, 0.1) is 5.41 Å². The van der Waals surface area contributed by atoms with Crippen LogP contribution < -0.4 is 11.1 Å². The number of nitrogens with one attached hydrogen (secondary N) is 1. The summed E-state index contributed by atoms with van der Waals surface area (Å²) in [6.07, 6.45) is 2.78. The highest BCUT2D eigenvalue weighted by Crippen LogP contribution is 2.29. The van der Waals surface area contributed by atoms with Gasteiger partial charge in [-0.1, -0.05) is 13.8 Å². The molecule has 0 unspecified atom stereocenters. The molecule has 0 aromatic rings. The molecule has 1 saturated heterocycles. The summed E-state index contributed by atoms with van der Waals surface area (Å²) in [7, 11) is 0. The summed E-state index contributed by atoms with van der Waals surface area (Å²) in [5, 5.41) is 11.6. The van der Waals surface area contributed by atoms with E-state index in [0.717, 1.165) is 19.3 Å². The van der Waals surface area contributed by atoms with Gasteiger partial charge in [0.1, 0.15) is 6.04 Å². The molecule has 7 nitrogen and oxygen atoms in total. The molecular formula is C14H25N3O4. The first-order chi connectivity index (χ1) is 9.71. The van der Waals surface area contributed by atoms with Crippen molar-refractivity contribution in [3.8, 4) is 0 Å². The van der Waals surface area contributed by atoms with E-state index in [1.165, 1.54) is 0 Å². The third kappa shape index (κ3) is 6.01. The van der Waals surface area contributed by atoms with Crippen molar-refractivity contribution < 1.29 is 19.5 Å². The fourth-order valence-corrected chi connectivity index (χ4v) is 2.41.